The number of aromatic carboxylic acids is 1. The summed E-state index contributed by atoms with van der Waals surface area (Å²) in [7, 11) is 0. The second-order valence-electron chi connectivity index (χ2n) is 6.07. The number of benzene rings is 2. The van der Waals surface area contributed by atoms with Crippen LogP contribution in [-0.2, 0) is 0 Å². The molecule has 4 rings (SSSR count). The zero-order valence-corrected chi connectivity index (χ0v) is 17.0. The van der Waals surface area contributed by atoms with Gasteiger partial charge in [0.25, 0.3) is 5.56 Å². The highest BCUT2D eigenvalue weighted by atomic mass is 35.5. The lowest BCUT2D eigenvalue weighted by molar-refractivity contribution is 0.0702. The van der Waals surface area contributed by atoms with Crippen LogP contribution in [-0.4, -0.2) is 20.5 Å². The van der Waals surface area contributed by atoms with Gasteiger partial charge in [-0.15, -0.1) is 0 Å². The molecular weight excluding hydrogens is 431 g/mol. The molecule has 144 valence electrons. The molecule has 0 unspecified atom stereocenters. The Kier molecular flexibility index (Phi) is 5.24. The van der Waals surface area contributed by atoms with Crippen LogP contribution in [0.1, 0.15) is 20.9 Å². The molecule has 0 spiro atoms. The monoisotopic (exact) mass is 442 g/mol. The van der Waals surface area contributed by atoms with Gasteiger partial charge in [-0.2, -0.15) is 0 Å². The Labute approximate surface area is 179 Å². The van der Waals surface area contributed by atoms with Gasteiger partial charge in [0.1, 0.15) is 9.90 Å². The fourth-order valence-electron chi connectivity index (χ4n) is 2.87. The first-order valence-corrected chi connectivity index (χ1v) is 10.0. The standard InChI is InChI=1S/C21H12Cl2N2O3S/c22-14-9-7-13(8-10-14)17-18(20(27)28)29-21-24-15(16(23)19(26)25(17)21)11-6-12-4-2-1-3-5-12/h1-11H,(H,27,28). The van der Waals surface area contributed by atoms with Crippen LogP contribution in [0.25, 0.3) is 28.4 Å². The van der Waals surface area contributed by atoms with Gasteiger partial charge >= 0.3 is 5.97 Å². The summed E-state index contributed by atoms with van der Waals surface area (Å²) in [4.78, 5) is 29.5. The summed E-state index contributed by atoms with van der Waals surface area (Å²) in [6.45, 7) is 0. The summed E-state index contributed by atoms with van der Waals surface area (Å²) < 4.78 is 1.24. The molecule has 0 bridgehead atoms. The third-order valence-corrected chi connectivity index (χ3v) is 5.84. The minimum atomic E-state index is -1.15. The van der Waals surface area contributed by atoms with Crippen molar-refractivity contribution in [2.24, 2.45) is 0 Å². The van der Waals surface area contributed by atoms with Crippen LogP contribution in [0.3, 0.4) is 0 Å². The number of thiazole rings is 1. The highest BCUT2D eigenvalue weighted by Crippen LogP contribution is 2.32. The number of carboxylic acid groups (broad SMARTS) is 1. The molecule has 4 aromatic rings. The lowest BCUT2D eigenvalue weighted by atomic mass is 10.1. The largest absolute Gasteiger partial charge is 0.477 e. The Bertz CT molecular complexity index is 1310. The van der Waals surface area contributed by atoms with Crippen molar-refractivity contribution in [1.82, 2.24) is 9.38 Å². The molecule has 0 saturated heterocycles. The second-order valence-corrected chi connectivity index (χ2v) is 7.86. The van der Waals surface area contributed by atoms with Gasteiger partial charge in [-0.3, -0.25) is 4.79 Å². The fourth-order valence-corrected chi connectivity index (χ4v) is 4.17. The van der Waals surface area contributed by atoms with Gasteiger partial charge in [0.15, 0.2) is 4.96 Å². The molecule has 0 radical (unpaired) electrons. The number of halogens is 2. The number of carboxylic acids is 1. The number of nitrogens with zero attached hydrogens (tertiary/aromatic N) is 2. The average molecular weight is 443 g/mol. The van der Waals surface area contributed by atoms with E-state index in [4.69, 9.17) is 23.2 Å². The maximum atomic E-state index is 13.0. The van der Waals surface area contributed by atoms with Crippen LogP contribution >= 0.6 is 34.5 Å². The predicted molar refractivity (Wildman–Crippen MR) is 117 cm³/mol. The number of hydrogen-bond acceptors (Lipinski definition) is 4. The maximum absolute atomic E-state index is 13.0. The van der Waals surface area contributed by atoms with E-state index in [9.17, 15) is 14.7 Å². The van der Waals surface area contributed by atoms with Gasteiger partial charge in [0.2, 0.25) is 0 Å². The predicted octanol–water partition coefficient (Wildman–Crippen LogP) is 5.60. The van der Waals surface area contributed by atoms with Gasteiger partial charge in [-0.1, -0.05) is 83.1 Å². The molecular formula is C21H12Cl2N2O3S. The molecule has 29 heavy (non-hydrogen) atoms. The van der Waals surface area contributed by atoms with Gasteiger partial charge in [-0.05, 0) is 23.8 Å². The summed E-state index contributed by atoms with van der Waals surface area (Å²) in [6.07, 6.45) is 3.43. The highest BCUT2D eigenvalue weighted by molar-refractivity contribution is 7.19. The number of hydrogen-bond donors (Lipinski definition) is 1. The van der Waals surface area contributed by atoms with Crippen LogP contribution < -0.4 is 5.56 Å². The van der Waals surface area contributed by atoms with E-state index in [0.717, 1.165) is 16.9 Å². The Hall–Kier alpha value is -2.93. The molecule has 0 aliphatic carbocycles. The molecule has 0 fully saturated rings. The van der Waals surface area contributed by atoms with Gasteiger partial charge in [-0.25, -0.2) is 14.2 Å². The average Bonchev–Trinajstić information content (AvgIpc) is 3.11. The quantitative estimate of drug-likeness (QED) is 0.446. The molecule has 0 aliphatic heterocycles. The van der Waals surface area contributed by atoms with Crippen molar-refractivity contribution >= 4 is 57.6 Å². The Morgan fingerprint density at radius 1 is 1.03 bits per heavy atom. The molecule has 0 atom stereocenters. The van der Waals surface area contributed by atoms with E-state index < -0.39 is 11.5 Å². The van der Waals surface area contributed by atoms with E-state index in [1.54, 1.807) is 36.4 Å². The number of rotatable bonds is 4. The van der Waals surface area contributed by atoms with Gasteiger partial charge in [0.05, 0.1) is 11.4 Å². The van der Waals surface area contributed by atoms with Crippen LogP contribution in [0.15, 0.2) is 59.4 Å². The molecule has 0 aliphatic rings. The van der Waals surface area contributed by atoms with E-state index in [0.29, 0.717) is 10.6 Å². The SMILES string of the molecule is O=C(O)c1sc2nc(C=Cc3ccccc3)c(Cl)c(=O)n2c1-c1ccc(Cl)cc1. The van der Waals surface area contributed by atoms with Crippen LogP contribution in [0, 0.1) is 0 Å². The van der Waals surface area contributed by atoms with Crippen molar-refractivity contribution in [3.63, 3.8) is 0 Å². The summed E-state index contributed by atoms with van der Waals surface area (Å²) in [5.74, 6) is -1.15. The van der Waals surface area contributed by atoms with E-state index in [1.165, 1.54) is 4.40 Å². The molecule has 5 nitrogen and oxygen atoms in total. The zero-order valence-electron chi connectivity index (χ0n) is 14.7. The molecule has 0 saturated carbocycles. The minimum absolute atomic E-state index is 0.00261. The first kappa shape index (κ1) is 19.4. The zero-order chi connectivity index (χ0) is 20.5. The lowest BCUT2D eigenvalue weighted by Crippen LogP contribution is -2.17. The van der Waals surface area contributed by atoms with Crippen molar-refractivity contribution in [3.05, 3.63) is 91.1 Å². The summed E-state index contributed by atoms with van der Waals surface area (Å²) in [5, 5.41) is 10.1. The molecule has 8 heteroatoms. The Balaban J connectivity index is 1.94. The third-order valence-electron chi connectivity index (χ3n) is 4.20. The van der Waals surface area contributed by atoms with Crippen LogP contribution in [0.2, 0.25) is 10.0 Å². The molecule has 2 heterocycles. The van der Waals surface area contributed by atoms with Gasteiger partial charge < -0.3 is 5.11 Å². The first-order valence-electron chi connectivity index (χ1n) is 8.43. The maximum Gasteiger partial charge on any atom is 0.348 e. The summed E-state index contributed by atoms with van der Waals surface area (Å²) in [5.41, 5.74) is 1.43. The number of fused-ring (bicyclic) bond motifs is 1. The Morgan fingerprint density at radius 3 is 2.38 bits per heavy atom. The van der Waals surface area contributed by atoms with E-state index in [1.807, 2.05) is 30.3 Å². The van der Waals surface area contributed by atoms with Gasteiger partial charge in [0, 0.05) is 10.6 Å². The fraction of sp³-hybridized carbons (Fsp3) is 0. The number of carbonyl (C=O) groups is 1. The van der Waals surface area contributed by atoms with Crippen LogP contribution in [0.4, 0.5) is 0 Å². The second kappa shape index (κ2) is 7.83. The minimum Gasteiger partial charge on any atom is -0.477 e. The highest BCUT2D eigenvalue weighted by Gasteiger charge is 2.23. The normalized spacial score (nSPS) is 11.4. The smallest absolute Gasteiger partial charge is 0.348 e. The summed E-state index contributed by atoms with van der Waals surface area (Å²) in [6, 6.07) is 16.1. The Morgan fingerprint density at radius 2 is 1.72 bits per heavy atom. The van der Waals surface area contributed by atoms with Crippen molar-refractivity contribution in [1.29, 1.82) is 0 Å². The van der Waals surface area contributed by atoms with Crippen molar-refractivity contribution in [2.75, 3.05) is 0 Å². The molecule has 0 amide bonds. The van der Waals surface area contributed by atoms with Crippen molar-refractivity contribution in [2.45, 2.75) is 0 Å². The molecule has 1 N–H and O–H groups in total. The van der Waals surface area contributed by atoms with E-state index in [-0.39, 0.29) is 26.2 Å². The molecule has 2 aromatic heterocycles. The number of aromatic nitrogens is 2. The molecule has 2 aromatic carbocycles. The first-order chi connectivity index (χ1) is 14.0. The van der Waals surface area contributed by atoms with E-state index >= 15 is 0 Å². The summed E-state index contributed by atoms with van der Waals surface area (Å²) >= 11 is 13.2. The van der Waals surface area contributed by atoms with Crippen molar-refractivity contribution in [3.8, 4) is 11.3 Å². The van der Waals surface area contributed by atoms with Crippen LogP contribution in [0.5, 0.6) is 0 Å². The van der Waals surface area contributed by atoms with E-state index in [2.05, 4.69) is 4.98 Å². The topological polar surface area (TPSA) is 71.7 Å². The third kappa shape index (κ3) is 3.70. The van der Waals surface area contributed by atoms with Crippen molar-refractivity contribution < 1.29 is 9.90 Å². The lowest BCUT2D eigenvalue weighted by Gasteiger charge is -2.05.